The predicted molar refractivity (Wildman–Crippen MR) is 65.6 cm³/mol. The Morgan fingerprint density at radius 1 is 1.39 bits per heavy atom. The first-order chi connectivity index (χ1) is 8.66. The van der Waals surface area contributed by atoms with Crippen LogP contribution in [0.1, 0.15) is 24.2 Å². The Morgan fingerprint density at radius 3 is 2.83 bits per heavy atom. The van der Waals surface area contributed by atoms with Crippen LogP contribution in [0.25, 0.3) is 0 Å². The molecule has 0 unspecified atom stereocenters. The number of hydrogen-bond donors (Lipinski definition) is 1. The summed E-state index contributed by atoms with van der Waals surface area (Å²) < 4.78 is 19.0. The fourth-order valence-electron chi connectivity index (χ4n) is 1.59. The van der Waals surface area contributed by atoms with E-state index in [1.807, 2.05) is 12.1 Å². The molecule has 0 aliphatic carbocycles. The van der Waals surface area contributed by atoms with Crippen molar-refractivity contribution >= 4 is 0 Å². The summed E-state index contributed by atoms with van der Waals surface area (Å²) in [4.78, 5) is 3.96. The van der Waals surface area contributed by atoms with Gasteiger partial charge >= 0.3 is 0 Å². The summed E-state index contributed by atoms with van der Waals surface area (Å²) in [6.07, 6.45) is 2.55. The third kappa shape index (κ3) is 3.05. The lowest BCUT2D eigenvalue weighted by Crippen LogP contribution is -1.99. The smallest absolute Gasteiger partial charge is 0.132 e. The number of hydrogen-bond acceptors (Lipinski definition) is 3. The van der Waals surface area contributed by atoms with Crippen molar-refractivity contribution in [3.8, 4) is 5.75 Å². The van der Waals surface area contributed by atoms with Crippen LogP contribution in [-0.2, 0) is 6.61 Å². The number of nitrogens with zero attached hydrogens (tertiary/aromatic N) is 1. The highest BCUT2D eigenvalue weighted by Gasteiger charge is 2.09. The molecule has 18 heavy (non-hydrogen) atoms. The molecule has 1 aromatic heterocycles. The molecule has 2 aromatic rings. The van der Waals surface area contributed by atoms with Crippen molar-refractivity contribution in [3.05, 3.63) is 59.7 Å². The van der Waals surface area contributed by atoms with Gasteiger partial charge in [0, 0.05) is 29.6 Å². The Kier molecular flexibility index (Phi) is 3.89. The quantitative estimate of drug-likeness (QED) is 0.903. The highest BCUT2D eigenvalue weighted by molar-refractivity contribution is 5.30. The van der Waals surface area contributed by atoms with Crippen molar-refractivity contribution in [2.24, 2.45) is 0 Å². The van der Waals surface area contributed by atoms with Gasteiger partial charge in [-0.05, 0) is 25.1 Å². The molecule has 0 bridgehead atoms. The zero-order chi connectivity index (χ0) is 13.0. The molecular formula is C14H14FNO2. The first-order valence-electron chi connectivity index (χ1n) is 5.66. The fourth-order valence-corrected chi connectivity index (χ4v) is 1.59. The predicted octanol–water partition coefficient (Wildman–Crippen LogP) is 2.85. The summed E-state index contributed by atoms with van der Waals surface area (Å²) in [6.45, 7) is 1.86. The molecule has 1 N–H and O–H groups in total. The average molecular weight is 247 g/mol. The van der Waals surface area contributed by atoms with Crippen LogP contribution in [0, 0.1) is 5.82 Å². The zero-order valence-corrected chi connectivity index (χ0v) is 10.0. The Morgan fingerprint density at radius 2 is 2.22 bits per heavy atom. The van der Waals surface area contributed by atoms with Gasteiger partial charge in [0.05, 0.1) is 6.10 Å². The zero-order valence-electron chi connectivity index (χ0n) is 10.0. The number of aliphatic hydroxyl groups excluding tert-OH is 1. The topological polar surface area (TPSA) is 42.4 Å². The lowest BCUT2D eigenvalue weighted by atomic mass is 10.1. The summed E-state index contributed by atoms with van der Waals surface area (Å²) in [5.41, 5.74) is 1.18. The Labute approximate surface area is 105 Å². The van der Waals surface area contributed by atoms with Crippen LogP contribution in [-0.4, -0.2) is 10.1 Å². The van der Waals surface area contributed by atoms with E-state index in [4.69, 9.17) is 4.74 Å². The van der Waals surface area contributed by atoms with Gasteiger partial charge in [-0.1, -0.05) is 6.07 Å². The van der Waals surface area contributed by atoms with Crippen molar-refractivity contribution in [2.45, 2.75) is 19.6 Å². The van der Waals surface area contributed by atoms with E-state index in [9.17, 15) is 9.50 Å². The van der Waals surface area contributed by atoms with Crippen molar-refractivity contribution in [1.82, 2.24) is 4.98 Å². The Hall–Kier alpha value is -1.94. The molecule has 0 saturated heterocycles. The molecule has 0 aliphatic heterocycles. The number of pyridine rings is 1. The van der Waals surface area contributed by atoms with E-state index in [-0.39, 0.29) is 5.56 Å². The second kappa shape index (κ2) is 5.60. The van der Waals surface area contributed by atoms with Gasteiger partial charge in [0.25, 0.3) is 0 Å². The van der Waals surface area contributed by atoms with E-state index >= 15 is 0 Å². The van der Waals surface area contributed by atoms with Crippen LogP contribution >= 0.6 is 0 Å². The monoisotopic (exact) mass is 247 g/mol. The summed E-state index contributed by atoms with van der Waals surface area (Å²) in [7, 11) is 0. The molecular weight excluding hydrogens is 233 g/mol. The molecule has 1 heterocycles. The molecule has 1 atom stereocenters. The minimum Gasteiger partial charge on any atom is -0.489 e. The van der Waals surface area contributed by atoms with Crippen molar-refractivity contribution in [1.29, 1.82) is 0 Å². The molecule has 2 rings (SSSR count). The van der Waals surface area contributed by atoms with Crippen molar-refractivity contribution < 1.29 is 14.2 Å². The first-order valence-corrected chi connectivity index (χ1v) is 5.66. The molecule has 0 radical (unpaired) electrons. The van der Waals surface area contributed by atoms with Gasteiger partial charge < -0.3 is 9.84 Å². The van der Waals surface area contributed by atoms with Gasteiger partial charge in [-0.3, -0.25) is 4.98 Å². The van der Waals surface area contributed by atoms with Gasteiger partial charge in [0.2, 0.25) is 0 Å². The Balaban J connectivity index is 2.05. The molecule has 0 aliphatic rings. The normalized spacial score (nSPS) is 12.2. The number of benzene rings is 1. The van der Waals surface area contributed by atoms with E-state index in [1.54, 1.807) is 18.5 Å². The van der Waals surface area contributed by atoms with Crippen LogP contribution < -0.4 is 4.74 Å². The Bertz CT molecular complexity index is 514. The van der Waals surface area contributed by atoms with Crippen LogP contribution in [0.15, 0.2) is 42.7 Å². The molecule has 3 nitrogen and oxygen atoms in total. The molecule has 0 fully saturated rings. The van der Waals surface area contributed by atoms with Crippen LogP contribution in [0.4, 0.5) is 4.39 Å². The van der Waals surface area contributed by atoms with Crippen LogP contribution in [0.2, 0.25) is 0 Å². The van der Waals surface area contributed by atoms with Gasteiger partial charge in [-0.25, -0.2) is 4.39 Å². The minimum atomic E-state index is -0.822. The standard InChI is InChI=1S/C14H14FNO2/c1-10(17)13-5-4-12(7-14(13)15)18-9-11-3-2-6-16-8-11/h2-8,10,17H,9H2,1H3/t10-/m1/s1. The highest BCUT2D eigenvalue weighted by atomic mass is 19.1. The fraction of sp³-hybridized carbons (Fsp3) is 0.214. The van der Waals surface area contributed by atoms with Gasteiger partial charge in [-0.15, -0.1) is 0 Å². The molecule has 4 heteroatoms. The largest absolute Gasteiger partial charge is 0.489 e. The summed E-state index contributed by atoms with van der Waals surface area (Å²) >= 11 is 0. The summed E-state index contributed by atoms with van der Waals surface area (Å²) in [5.74, 6) is -0.0329. The molecule has 1 aromatic carbocycles. The van der Waals surface area contributed by atoms with E-state index in [0.717, 1.165) is 5.56 Å². The van der Waals surface area contributed by atoms with E-state index < -0.39 is 11.9 Å². The van der Waals surface area contributed by atoms with E-state index in [0.29, 0.717) is 12.4 Å². The SMILES string of the molecule is C[C@@H](O)c1ccc(OCc2cccnc2)cc1F. The van der Waals surface area contributed by atoms with Gasteiger partial charge in [0.15, 0.2) is 0 Å². The third-order valence-corrected chi connectivity index (χ3v) is 2.55. The molecule has 0 spiro atoms. The maximum absolute atomic E-state index is 13.6. The second-order valence-corrected chi connectivity index (χ2v) is 4.01. The maximum atomic E-state index is 13.6. The molecule has 94 valence electrons. The summed E-state index contributed by atoms with van der Waals surface area (Å²) in [5, 5.41) is 9.31. The van der Waals surface area contributed by atoms with E-state index in [2.05, 4.69) is 4.98 Å². The average Bonchev–Trinajstić information content (AvgIpc) is 2.37. The lowest BCUT2D eigenvalue weighted by molar-refractivity contribution is 0.194. The second-order valence-electron chi connectivity index (χ2n) is 4.01. The first kappa shape index (κ1) is 12.5. The minimum absolute atomic E-state index is 0.267. The highest BCUT2D eigenvalue weighted by Crippen LogP contribution is 2.22. The summed E-state index contributed by atoms with van der Waals surface area (Å²) in [6, 6.07) is 8.14. The van der Waals surface area contributed by atoms with Crippen LogP contribution in [0.3, 0.4) is 0 Å². The van der Waals surface area contributed by atoms with Crippen molar-refractivity contribution in [2.75, 3.05) is 0 Å². The van der Waals surface area contributed by atoms with Crippen LogP contribution in [0.5, 0.6) is 5.75 Å². The number of aromatic nitrogens is 1. The molecule has 0 amide bonds. The molecule has 0 saturated carbocycles. The maximum Gasteiger partial charge on any atom is 0.132 e. The number of rotatable bonds is 4. The number of ether oxygens (including phenoxy) is 1. The van der Waals surface area contributed by atoms with E-state index in [1.165, 1.54) is 19.1 Å². The number of aliphatic hydroxyl groups is 1. The van der Waals surface area contributed by atoms with Gasteiger partial charge in [-0.2, -0.15) is 0 Å². The number of halogens is 1. The lowest BCUT2D eigenvalue weighted by Gasteiger charge is -2.09. The third-order valence-electron chi connectivity index (χ3n) is 2.55. The van der Waals surface area contributed by atoms with Crippen molar-refractivity contribution in [3.63, 3.8) is 0 Å². The van der Waals surface area contributed by atoms with Gasteiger partial charge in [0.1, 0.15) is 18.2 Å².